The van der Waals surface area contributed by atoms with Crippen LogP contribution in [0.1, 0.15) is 122 Å². The molecular weight excluding hydrogens is 392 g/mol. The number of aliphatic hydroxyl groups excluding tert-OH is 1. The minimum Gasteiger partial charge on any atom is -0.481 e. The fraction of sp³-hybridized carbons (Fsp3) is 0.885. The van der Waals surface area contributed by atoms with Crippen molar-refractivity contribution in [3.05, 3.63) is 12.2 Å². The summed E-state index contributed by atoms with van der Waals surface area (Å²) >= 11 is 1.89. The normalized spacial score (nSPS) is 17.4. The summed E-state index contributed by atoms with van der Waals surface area (Å²) in [6.45, 7) is 2.27. The smallest absolute Gasteiger partial charge is 0.303 e. The van der Waals surface area contributed by atoms with Crippen molar-refractivity contribution in [1.82, 2.24) is 0 Å². The molecule has 0 saturated heterocycles. The first kappa shape index (κ1) is 27.6. The van der Waals surface area contributed by atoms with E-state index in [1.54, 1.807) is 0 Å². The Bertz CT molecular complexity index is 432. The average Bonchev–Trinajstić information content (AvgIpc) is 2.74. The van der Waals surface area contributed by atoms with Crippen molar-refractivity contribution in [1.29, 1.82) is 0 Å². The van der Waals surface area contributed by atoms with E-state index in [2.05, 4.69) is 19.1 Å². The van der Waals surface area contributed by atoms with Crippen molar-refractivity contribution in [2.75, 3.05) is 5.75 Å². The monoisotopic (exact) mass is 440 g/mol. The predicted molar refractivity (Wildman–Crippen MR) is 131 cm³/mol. The van der Waals surface area contributed by atoms with E-state index in [4.69, 9.17) is 5.11 Å². The van der Waals surface area contributed by atoms with Crippen LogP contribution >= 0.6 is 11.8 Å². The molecule has 0 radical (unpaired) electrons. The van der Waals surface area contributed by atoms with Gasteiger partial charge in [0, 0.05) is 11.7 Å². The average molecular weight is 441 g/mol. The molecule has 1 rings (SSSR count). The highest BCUT2D eigenvalue weighted by Crippen LogP contribution is 2.30. The number of unbranched alkanes of at least 4 members (excludes halogenated alkanes) is 9. The van der Waals surface area contributed by atoms with Crippen LogP contribution in [0.2, 0.25) is 0 Å². The molecule has 176 valence electrons. The molecule has 0 aromatic carbocycles. The number of hydrogen-bond donors (Lipinski definition) is 2. The van der Waals surface area contributed by atoms with Gasteiger partial charge in [-0.25, -0.2) is 0 Å². The lowest BCUT2D eigenvalue weighted by atomic mass is 9.91. The number of rotatable bonds is 19. The molecule has 1 fully saturated rings. The molecule has 3 nitrogen and oxygen atoms in total. The summed E-state index contributed by atoms with van der Waals surface area (Å²) in [5, 5.41) is 19.6. The topological polar surface area (TPSA) is 57.5 Å². The quantitative estimate of drug-likeness (QED) is 0.159. The highest BCUT2D eigenvalue weighted by Gasteiger charge is 2.20. The van der Waals surface area contributed by atoms with Crippen molar-refractivity contribution in [2.24, 2.45) is 5.92 Å². The van der Waals surface area contributed by atoms with Crippen LogP contribution in [0.3, 0.4) is 0 Å². The molecule has 1 saturated carbocycles. The molecule has 0 heterocycles. The van der Waals surface area contributed by atoms with E-state index < -0.39 is 12.1 Å². The van der Waals surface area contributed by atoms with Gasteiger partial charge in [0.15, 0.2) is 0 Å². The summed E-state index contributed by atoms with van der Waals surface area (Å²) in [5.74, 6) is 1.15. The van der Waals surface area contributed by atoms with E-state index in [0.29, 0.717) is 12.8 Å². The van der Waals surface area contributed by atoms with Gasteiger partial charge in [0.25, 0.3) is 0 Å². The Hall–Kier alpha value is -0.480. The zero-order valence-corrected chi connectivity index (χ0v) is 20.3. The first-order valence-corrected chi connectivity index (χ1v) is 13.9. The van der Waals surface area contributed by atoms with Crippen LogP contribution < -0.4 is 0 Å². The second-order valence-electron chi connectivity index (χ2n) is 9.20. The van der Waals surface area contributed by atoms with Crippen molar-refractivity contribution >= 4 is 17.7 Å². The molecule has 0 aromatic rings. The summed E-state index contributed by atoms with van der Waals surface area (Å²) in [5.41, 5.74) is 0. The van der Waals surface area contributed by atoms with Crippen molar-refractivity contribution in [2.45, 2.75) is 134 Å². The zero-order valence-electron chi connectivity index (χ0n) is 19.5. The van der Waals surface area contributed by atoms with Gasteiger partial charge in [-0.3, -0.25) is 4.79 Å². The van der Waals surface area contributed by atoms with Gasteiger partial charge in [-0.05, 0) is 50.2 Å². The second-order valence-corrected chi connectivity index (χ2v) is 10.4. The van der Waals surface area contributed by atoms with Crippen molar-refractivity contribution in [3.63, 3.8) is 0 Å². The van der Waals surface area contributed by atoms with Gasteiger partial charge in [0.1, 0.15) is 0 Å². The van der Waals surface area contributed by atoms with Crippen LogP contribution in [0.15, 0.2) is 12.2 Å². The molecule has 0 bridgehead atoms. The lowest BCUT2D eigenvalue weighted by Gasteiger charge is -2.25. The van der Waals surface area contributed by atoms with E-state index >= 15 is 0 Å². The van der Waals surface area contributed by atoms with E-state index in [-0.39, 0.29) is 11.7 Å². The van der Waals surface area contributed by atoms with Crippen molar-refractivity contribution < 1.29 is 15.0 Å². The number of hydrogen-bond acceptors (Lipinski definition) is 3. The fourth-order valence-electron chi connectivity index (χ4n) is 4.33. The zero-order chi connectivity index (χ0) is 21.9. The highest BCUT2D eigenvalue weighted by molar-refractivity contribution is 8.00. The van der Waals surface area contributed by atoms with Gasteiger partial charge >= 0.3 is 5.97 Å². The number of allylic oxidation sites excluding steroid dienone is 1. The Balaban J connectivity index is 2.26. The summed E-state index contributed by atoms with van der Waals surface area (Å²) < 4.78 is 0. The van der Waals surface area contributed by atoms with Crippen LogP contribution in [0, 0.1) is 5.92 Å². The van der Waals surface area contributed by atoms with Crippen molar-refractivity contribution in [3.8, 4) is 0 Å². The number of carboxylic acids is 1. The van der Waals surface area contributed by atoms with Crippen LogP contribution in [0.5, 0.6) is 0 Å². The SMILES string of the molecule is CCCCCCCCCCC/C=C\[C@@H](SCC1CCCCC1)[C@@H](O)CCCC(=O)O. The Morgan fingerprint density at radius 2 is 1.60 bits per heavy atom. The summed E-state index contributed by atoms with van der Waals surface area (Å²) in [4.78, 5) is 10.8. The minimum atomic E-state index is -0.769. The van der Waals surface area contributed by atoms with Gasteiger partial charge in [-0.1, -0.05) is 89.7 Å². The maximum Gasteiger partial charge on any atom is 0.303 e. The minimum absolute atomic E-state index is 0.110. The lowest BCUT2D eigenvalue weighted by Crippen LogP contribution is -2.23. The van der Waals surface area contributed by atoms with Crippen LogP contribution in [0.25, 0.3) is 0 Å². The first-order chi connectivity index (χ1) is 14.6. The van der Waals surface area contributed by atoms with Crippen LogP contribution in [0.4, 0.5) is 0 Å². The molecule has 30 heavy (non-hydrogen) atoms. The molecule has 4 heteroatoms. The number of thioether (sulfide) groups is 1. The molecule has 0 aromatic heterocycles. The Labute approximate surface area is 190 Å². The van der Waals surface area contributed by atoms with Gasteiger partial charge in [-0.15, -0.1) is 0 Å². The third-order valence-electron chi connectivity index (χ3n) is 6.32. The molecule has 0 amide bonds. The van der Waals surface area contributed by atoms with Gasteiger partial charge in [-0.2, -0.15) is 11.8 Å². The van der Waals surface area contributed by atoms with Crippen LogP contribution in [-0.4, -0.2) is 33.3 Å². The summed E-state index contributed by atoms with van der Waals surface area (Å²) in [7, 11) is 0. The molecule has 2 N–H and O–H groups in total. The molecule has 1 aliphatic rings. The largest absolute Gasteiger partial charge is 0.481 e. The summed E-state index contributed by atoms with van der Waals surface area (Å²) in [6.07, 6.45) is 25.3. The maximum absolute atomic E-state index is 10.8. The van der Waals surface area contributed by atoms with E-state index in [1.807, 2.05) is 11.8 Å². The van der Waals surface area contributed by atoms with Gasteiger partial charge < -0.3 is 10.2 Å². The number of aliphatic carboxylic acids is 1. The van der Waals surface area contributed by atoms with E-state index in [0.717, 1.165) is 18.1 Å². The van der Waals surface area contributed by atoms with Crippen LogP contribution in [-0.2, 0) is 4.79 Å². The number of carboxylic acid groups (broad SMARTS) is 1. The Kier molecular flexibility index (Phi) is 17.7. The van der Waals surface area contributed by atoms with E-state index in [1.165, 1.54) is 89.9 Å². The Morgan fingerprint density at radius 1 is 0.967 bits per heavy atom. The maximum atomic E-state index is 10.8. The second kappa shape index (κ2) is 19.2. The molecular formula is C26H48O3S. The first-order valence-electron chi connectivity index (χ1n) is 12.8. The van der Waals surface area contributed by atoms with E-state index in [9.17, 15) is 9.90 Å². The molecule has 0 spiro atoms. The lowest BCUT2D eigenvalue weighted by molar-refractivity contribution is -0.137. The summed E-state index contributed by atoms with van der Waals surface area (Å²) in [6, 6.07) is 0. The molecule has 0 unspecified atom stereocenters. The van der Waals surface area contributed by atoms with Gasteiger partial charge in [0.2, 0.25) is 0 Å². The highest BCUT2D eigenvalue weighted by atomic mass is 32.2. The molecule has 0 aliphatic heterocycles. The standard InChI is InChI=1S/C26H48O3S/c1-2-3-4-5-6-7-8-9-10-11-15-20-25(24(27)19-16-21-26(28)29)30-22-23-17-13-12-14-18-23/h15,20,23-25,27H,2-14,16-19,21-22H2,1H3,(H,28,29)/b20-15-/t24-,25+/m0/s1. The fourth-order valence-corrected chi connectivity index (χ4v) is 5.73. The number of aliphatic hydroxyl groups is 1. The van der Waals surface area contributed by atoms with Gasteiger partial charge in [0.05, 0.1) is 6.10 Å². The predicted octanol–water partition coefficient (Wildman–Crippen LogP) is 7.76. The third-order valence-corrected chi connectivity index (χ3v) is 7.84. The Morgan fingerprint density at radius 3 is 2.23 bits per heavy atom. The molecule has 1 aliphatic carbocycles. The molecule has 2 atom stereocenters. The third kappa shape index (κ3) is 15.3. The number of carbonyl (C=O) groups is 1.